The highest BCUT2D eigenvalue weighted by molar-refractivity contribution is 5.91. The van der Waals surface area contributed by atoms with Gasteiger partial charge in [0.1, 0.15) is 77.6 Å². The van der Waals surface area contributed by atoms with Gasteiger partial charge in [-0.3, -0.25) is 0 Å². The van der Waals surface area contributed by atoms with Gasteiger partial charge in [-0.25, -0.2) is 52.5 Å². The number of amides is 4. The fourth-order valence-corrected chi connectivity index (χ4v) is 6.63. The number of para-hydroxylation sites is 1. The second kappa shape index (κ2) is 36.2. The molecule has 528 valence electrons. The molecule has 0 saturated heterocycles. The lowest BCUT2D eigenvalue weighted by Gasteiger charge is -2.22. The van der Waals surface area contributed by atoms with E-state index in [2.05, 4.69) is 41.2 Å². The summed E-state index contributed by atoms with van der Waals surface area (Å²) in [7, 11) is 1.24. The van der Waals surface area contributed by atoms with Crippen molar-refractivity contribution in [3.63, 3.8) is 0 Å². The first kappa shape index (κ1) is 80.8. The Morgan fingerprint density at radius 3 is 1.24 bits per heavy atom. The normalized spacial score (nSPS) is 12.2. The molecule has 35 heteroatoms. The van der Waals surface area contributed by atoms with Crippen molar-refractivity contribution in [3.05, 3.63) is 89.7 Å². The quantitative estimate of drug-likeness (QED) is 0.0200. The number of hydrogen-bond donors (Lipinski definition) is 12. The molecule has 0 aliphatic heterocycles. The van der Waals surface area contributed by atoms with Crippen LogP contribution < -0.4 is 63.1 Å². The maximum Gasteiger partial charge on any atom is 0.408 e. The van der Waals surface area contributed by atoms with E-state index >= 15 is 0 Å². The molecule has 0 bridgehead atoms. The number of anilines is 4. The zero-order valence-electron chi connectivity index (χ0n) is 55.6. The van der Waals surface area contributed by atoms with Crippen LogP contribution in [0.2, 0.25) is 0 Å². The van der Waals surface area contributed by atoms with Crippen LogP contribution in [0, 0.1) is 19.7 Å². The van der Waals surface area contributed by atoms with Crippen LogP contribution in [0.1, 0.15) is 105 Å². The molecule has 0 unspecified atom stereocenters. The van der Waals surface area contributed by atoms with Crippen molar-refractivity contribution in [1.29, 1.82) is 0 Å². The van der Waals surface area contributed by atoms with Crippen LogP contribution in [0.15, 0.2) is 71.1 Å². The first-order chi connectivity index (χ1) is 44.3. The molecule has 4 amide bonds. The molecule has 2 aromatic heterocycles. The molecule has 16 N–H and O–H groups in total. The molecule has 3 aromatic carbocycles. The number of aryl methyl sites for hydroxylation is 2. The van der Waals surface area contributed by atoms with Crippen LogP contribution in [0.5, 0.6) is 23.1 Å². The molecule has 5 aromatic rings. The number of carbonyl (C=O) groups is 9. The molecular weight excluding hydrogens is 1270 g/mol. The maximum atomic E-state index is 13.2. The lowest BCUT2D eigenvalue weighted by molar-refractivity contribution is -0.141. The Kier molecular flexibility index (Phi) is 30.5. The summed E-state index contributed by atoms with van der Waals surface area (Å²) in [5.41, 5.74) is 21.8. The number of aromatic nitrogens is 3. The van der Waals surface area contributed by atoms with E-state index in [0.717, 1.165) is 6.07 Å². The van der Waals surface area contributed by atoms with Gasteiger partial charge in [0.05, 0.1) is 29.7 Å². The largest absolute Gasteiger partial charge is 0.489 e. The number of nitrogens with zero attached hydrogens (tertiary/aromatic N) is 3. The number of halogens is 1. The van der Waals surface area contributed by atoms with Gasteiger partial charge in [0.25, 0.3) is 0 Å². The average Bonchev–Trinajstić information content (AvgIpc) is 1.47. The van der Waals surface area contributed by atoms with Crippen molar-refractivity contribution < 1.29 is 115 Å². The van der Waals surface area contributed by atoms with Gasteiger partial charge < -0.3 is 112 Å². The van der Waals surface area contributed by atoms with E-state index in [4.69, 9.17) is 75.5 Å². The Hall–Kier alpha value is -11.3. The highest BCUT2D eigenvalue weighted by Gasteiger charge is 2.29. The van der Waals surface area contributed by atoms with Gasteiger partial charge in [0.15, 0.2) is 24.2 Å². The zero-order chi connectivity index (χ0) is 73.2. The van der Waals surface area contributed by atoms with Gasteiger partial charge in [-0.1, -0.05) is 6.07 Å². The first-order valence-corrected chi connectivity index (χ1v) is 28.6. The lowest BCUT2D eigenvalue weighted by atomic mass is 10.2. The number of pyridine rings is 1. The van der Waals surface area contributed by atoms with Crippen LogP contribution in [0.25, 0.3) is 11.5 Å². The van der Waals surface area contributed by atoms with Crippen molar-refractivity contribution >= 4 is 77.0 Å². The molecule has 4 atom stereocenters. The number of alkyl carbamates (subject to hydrolysis) is 4. The maximum absolute atomic E-state index is 13.2. The molecule has 0 spiro atoms. The number of carbonyl (C=O) groups excluding carboxylic acids is 5. The number of nitrogens with one attached hydrogen (secondary N) is 4. The monoisotopic (exact) mass is 1360 g/mol. The summed E-state index contributed by atoms with van der Waals surface area (Å²) < 4.78 is 64.4. The van der Waals surface area contributed by atoms with Crippen molar-refractivity contribution in [2.24, 2.45) is 0 Å². The van der Waals surface area contributed by atoms with Gasteiger partial charge in [0.2, 0.25) is 17.7 Å². The van der Waals surface area contributed by atoms with Crippen LogP contribution in [0.3, 0.4) is 0 Å². The molecule has 5 rings (SSSR count). The number of esters is 1. The van der Waals surface area contributed by atoms with Crippen LogP contribution in [-0.4, -0.2) is 170 Å². The van der Waals surface area contributed by atoms with Gasteiger partial charge in [-0.15, -0.1) is 10.2 Å². The number of hydrogen-bond acceptors (Lipinski definition) is 26. The number of carboxylic acid groups (broad SMARTS) is 4. The predicted octanol–water partition coefficient (Wildman–Crippen LogP) is 6.49. The van der Waals surface area contributed by atoms with Crippen molar-refractivity contribution in [2.75, 3.05) is 56.5 Å². The first-order valence-electron chi connectivity index (χ1n) is 28.6. The second-order valence-corrected chi connectivity index (χ2v) is 24.0. The summed E-state index contributed by atoms with van der Waals surface area (Å²) in [6, 6.07) is 10.9. The van der Waals surface area contributed by atoms with Crippen LogP contribution >= 0.6 is 0 Å². The van der Waals surface area contributed by atoms with E-state index in [9.17, 15) is 57.8 Å². The Bertz CT molecular complexity index is 3440. The summed E-state index contributed by atoms with van der Waals surface area (Å²) in [5.74, 6) is -5.10. The van der Waals surface area contributed by atoms with E-state index in [1.54, 1.807) is 127 Å². The topological polar surface area (TPSA) is 522 Å². The fraction of sp³-hybridized carbons (Fsp3) is 0.443. The summed E-state index contributed by atoms with van der Waals surface area (Å²) in [6.45, 7) is 21.9. The van der Waals surface area contributed by atoms with Crippen LogP contribution in [0.4, 0.5) is 46.3 Å². The number of carboxylic acids is 4. The van der Waals surface area contributed by atoms with Crippen LogP contribution in [-0.2, 0) is 42.9 Å². The highest BCUT2D eigenvalue weighted by Crippen LogP contribution is 2.29. The molecule has 0 aliphatic rings. The van der Waals surface area contributed by atoms with Gasteiger partial charge in [0, 0.05) is 18.2 Å². The minimum Gasteiger partial charge on any atom is -0.489 e. The molecule has 0 fully saturated rings. The SMILES string of the molecule is CC(C)(C)OC(=O)N[C@@H](COc1cccc(F)c1N)C(=O)O.COC(=O)c1ccc(OC[C@H](NC(=O)OC(C)(C)C)C(=O)O)c(N)c1.Cc1ccc(N)c(OC[C@H](NC(=O)OC(C)(C)C)C(=O)O)n1.Cc1nnc(-c2ccc(OC[C@H](NC(=O)OC(C)(C)C)C(=O)O)c(N)c2)o1. The molecular formula is C61H84FN11O23. The zero-order valence-corrected chi connectivity index (χ0v) is 55.6. The Balaban J connectivity index is 0.000000437. The van der Waals surface area contributed by atoms with Gasteiger partial charge in [-0.2, -0.15) is 0 Å². The number of ether oxygens (including phenoxy) is 9. The third-order valence-electron chi connectivity index (χ3n) is 10.8. The summed E-state index contributed by atoms with van der Waals surface area (Å²) >= 11 is 0. The average molecular weight is 1360 g/mol. The third kappa shape index (κ3) is 31.4. The fourth-order valence-electron chi connectivity index (χ4n) is 6.63. The van der Waals surface area contributed by atoms with E-state index in [-0.39, 0.29) is 71.3 Å². The van der Waals surface area contributed by atoms with E-state index < -0.39 is 113 Å². The molecule has 0 aliphatic carbocycles. The molecule has 0 radical (unpaired) electrons. The molecule has 34 nitrogen and oxygen atoms in total. The van der Waals surface area contributed by atoms with E-state index in [1.807, 2.05) is 0 Å². The standard InChI is InChI=1S/C17H22N4O6.C16H22N2O7.C14H19FN2O5.C14H21N3O5/c1-9-20-21-14(26-9)10-5-6-13(11(18)7-10)25-8-12(15(22)23)19-16(24)27-17(2,3)4;1-16(2,3)25-15(22)18-11(13(19)20)8-24-12-6-5-9(7-10(12)17)14(21)23-4;1-14(2,3)22-13(20)17-9(12(18)19)7-21-10-6-4-5-8(15)11(10)16;1-8-5-6-9(15)11(16-8)21-7-10(12(18)19)17-13(20)22-14(2,3)4/h5-7,12H,8,18H2,1-4H3,(H,19,24)(H,22,23);5-7,11H,8,17H2,1-4H3,(H,18,22)(H,19,20);4-6,9H,7,16H2,1-3H3,(H,17,20)(H,18,19);5-6,10H,7,15H2,1-4H3,(H,17,20)(H,18,19)/t12-;11-;9-;10-/m0000/s1. The molecule has 96 heavy (non-hydrogen) atoms. The minimum absolute atomic E-state index is 0.00256. The number of rotatable bonds is 22. The van der Waals surface area contributed by atoms with Crippen molar-refractivity contribution in [3.8, 4) is 34.6 Å². The Labute approximate surface area is 551 Å². The molecule has 0 saturated carbocycles. The number of aliphatic carboxylic acids is 4. The summed E-state index contributed by atoms with van der Waals surface area (Å²) in [4.78, 5) is 107. The minimum atomic E-state index is -1.36. The van der Waals surface area contributed by atoms with Gasteiger partial charge >= 0.3 is 54.2 Å². The smallest absolute Gasteiger partial charge is 0.408 e. The second-order valence-electron chi connectivity index (χ2n) is 24.0. The van der Waals surface area contributed by atoms with Crippen molar-refractivity contribution in [2.45, 2.75) is 144 Å². The van der Waals surface area contributed by atoms with Crippen molar-refractivity contribution in [1.82, 2.24) is 36.4 Å². The number of nitrogens with two attached hydrogens (primary N) is 4. The third-order valence-corrected chi connectivity index (χ3v) is 10.8. The predicted molar refractivity (Wildman–Crippen MR) is 340 cm³/mol. The van der Waals surface area contributed by atoms with E-state index in [0.29, 0.717) is 23.0 Å². The Morgan fingerprint density at radius 2 is 0.885 bits per heavy atom. The number of nitrogen functional groups attached to an aromatic ring is 4. The Morgan fingerprint density at radius 1 is 0.500 bits per heavy atom. The summed E-state index contributed by atoms with van der Waals surface area (Å²) in [6.07, 6.45) is -3.46. The summed E-state index contributed by atoms with van der Waals surface area (Å²) in [5, 5.41) is 53.1. The highest BCUT2D eigenvalue weighted by atomic mass is 19.1. The number of methoxy groups -OCH3 is 1. The lowest BCUT2D eigenvalue weighted by Crippen LogP contribution is -2.46. The molecule has 2 heterocycles. The number of benzene rings is 3. The van der Waals surface area contributed by atoms with E-state index in [1.165, 1.54) is 37.4 Å². The van der Waals surface area contributed by atoms with Gasteiger partial charge in [-0.05, 0) is 151 Å².